The number of furan rings is 1. The second kappa shape index (κ2) is 11.1. The van der Waals surface area contributed by atoms with Gasteiger partial charge in [0.05, 0.1) is 46.2 Å². The topological polar surface area (TPSA) is 73.2 Å². The second-order valence-corrected chi connectivity index (χ2v) is 9.38. The van der Waals surface area contributed by atoms with Crippen LogP contribution in [0.4, 0.5) is 0 Å². The molecule has 1 aliphatic heterocycles. The Bertz CT molecular complexity index is 1160. The van der Waals surface area contributed by atoms with E-state index >= 15 is 0 Å². The highest BCUT2D eigenvalue weighted by Crippen LogP contribution is 2.32. The molecule has 1 fully saturated rings. The molecule has 2 aromatic carbocycles. The number of fused-ring (bicyclic) bond motifs is 1. The van der Waals surface area contributed by atoms with Crippen molar-refractivity contribution < 1.29 is 23.4 Å². The van der Waals surface area contributed by atoms with E-state index in [4.69, 9.17) is 18.6 Å². The van der Waals surface area contributed by atoms with E-state index in [1.165, 1.54) is 11.1 Å². The molecule has 0 aliphatic carbocycles. The number of methoxy groups -OCH3 is 2. The summed E-state index contributed by atoms with van der Waals surface area (Å²) in [6, 6.07) is 10.2. The summed E-state index contributed by atoms with van der Waals surface area (Å²) >= 11 is 0. The largest absolute Gasteiger partial charge is 0.493 e. The number of hydrogen-bond donors (Lipinski definition) is 1. The van der Waals surface area contributed by atoms with Crippen molar-refractivity contribution >= 4 is 16.9 Å². The first-order valence-electron chi connectivity index (χ1n) is 12.2. The third kappa shape index (κ3) is 5.63. The van der Waals surface area contributed by atoms with Crippen LogP contribution in [-0.2, 0) is 16.0 Å². The maximum absolute atomic E-state index is 13.0. The van der Waals surface area contributed by atoms with Crippen LogP contribution < -0.4 is 14.8 Å². The van der Waals surface area contributed by atoms with Gasteiger partial charge in [0.25, 0.3) is 0 Å². The first-order chi connectivity index (χ1) is 16.9. The van der Waals surface area contributed by atoms with Crippen molar-refractivity contribution in [2.24, 2.45) is 0 Å². The maximum atomic E-state index is 13.0. The van der Waals surface area contributed by atoms with Crippen molar-refractivity contribution in [3.05, 3.63) is 58.8 Å². The molecule has 35 heavy (non-hydrogen) atoms. The predicted octanol–water partition coefficient (Wildman–Crippen LogP) is 4.61. The number of rotatable bonds is 9. The van der Waals surface area contributed by atoms with E-state index < -0.39 is 0 Å². The Balaban J connectivity index is 1.51. The summed E-state index contributed by atoms with van der Waals surface area (Å²) in [6.07, 6.45) is 1.98. The smallest absolute Gasteiger partial charge is 0.224 e. The van der Waals surface area contributed by atoms with Crippen molar-refractivity contribution in [3.63, 3.8) is 0 Å². The Kier molecular flexibility index (Phi) is 7.98. The Labute approximate surface area is 207 Å². The maximum Gasteiger partial charge on any atom is 0.224 e. The van der Waals surface area contributed by atoms with Crippen LogP contribution in [0.1, 0.15) is 48.1 Å². The minimum Gasteiger partial charge on any atom is -0.493 e. The van der Waals surface area contributed by atoms with Crippen molar-refractivity contribution in [1.29, 1.82) is 0 Å². The van der Waals surface area contributed by atoms with Crippen LogP contribution in [0.25, 0.3) is 11.0 Å². The number of hydrogen-bond acceptors (Lipinski definition) is 6. The molecule has 3 aromatic rings. The van der Waals surface area contributed by atoms with E-state index in [9.17, 15) is 4.79 Å². The van der Waals surface area contributed by atoms with Gasteiger partial charge in [0.1, 0.15) is 5.58 Å². The number of carbonyl (C=O) groups is 1. The van der Waals surface area contributed by atoms with Gasteiger partial charge in [-0.15, -0.1) is 0 Å². The van der Waals surface area contributed by atoms with Crippen LogP contribution in [-0.4, -0.2) is 57.9 Å². The number of nitrogens with one attached hydrogen (secondary N) is 1. The predicted molar refractivity (Wildman–Crippen MR) is 136 cm³/mol. The van der Waals surface area contributed by atoms with E-state index in [0.29, 0.717) is 37.2 Å². The van der Waals surface area contributed by atoms with Gasteiger partial charge < -0.3 is 23.9 Å². The molecule has 0 saturated carbocycles. The summed E-state index contributed by atoms with van der Waals surface area (Å²) in [5, 5.41) is 4.17. The van der Waals surface area contributed by atoms with E-state index in [1.54, 1.807) is 20.5 Å². The van der Waals surface area contributed by atoms with Crippen molar-refractivity contribution in [2.75, 3.05) is 47.1 Å². The third-order valence-corrected chi connectivity index (χ3v) is 6.79. The van der Waals surface area contributed by atoms with Crippen LogP contribution in [0.5, 0.6) is 11.5 Å². The summed E-state index contributed by atoms with van der Waals surface area (Å²) in [5.74, 6) is 1.74. The van der Waals surface area contributed by atoms with Crippen LogP contribution in [0.15, 0.2) is 41.0 Å². The summed E-state index contributed by atoms with van der Waals surface area (Å²) in [7, 11) is 3.26. The molecular formula is C28H36N2O5. The van der Waals surface area contributed by atoms with E-state index in [2.05, 4.69) is 43.1 Å². The summed E-state index contributed by atoms with van der Waals surface area (Å²) in [6.45, 7) is 9.91. The highest BCUT2D eigenvalue weighted by atomic mass is 16.5. The number of carbonyl (C=O) groups excluding carboxylic acids is 1. The molecule has 2 heterocycles. The van der Waals surface area contributed by atoms with Crippen LogP contribution in [0.3, 0.4) is 0 Å². The van der Waals surface area contributed by atoms with Crippen molar-refractivity contribution in [2.45, 2.75) is 39.2 Å². The zero-order valence-corrected chi connectivity index (χ0v) is 21.3. The highest BCUT2D eigenvalue weighted by molar-refractivity contribution is 5.88. The molecule has 7 nitrogen and oxygen atoms in total. The first kappa shape index (κ1) is 25.1. The fourth-order valence-electron chi connectivity index (χ4n) is 4.86. The van der Waals surface area contributed by atoms with Gasteiger partial charge in [-0.05, 0) is 53.8 Å². The van der Waals surface area contributed by atoms with Gasteiger partial charge in [-0.3, -0.25) is 9.69 Å². The number of amides is 1. The van der Waals surface area contributed by atoms with Gasteiger partial charge in [0.15, 0.2) is 11.5 Å². The molecule has 1 amide bonds. The molecule has 0 spiro atoms. The number of aryl methyl sites for hydroxylation is 1. The van der Waals surface area contributed by atoms with Crippen LogP contribution >= 0.6 is 0 Å². The zero-order chi connectivity index (χ0) is 24.9. The summed E-state index contributed by atoms with van der Waals surface area (Å²) in [4.78, 5) is 15.4. The molecule has 1 aliphatic rings. The third-order valence-electron chi connectivity index (χ3n) is 6.79. The fraction of sp³-hybridized carbons (Fsp3) is 0.464. The van der Waals surface area contributed by atoms with Gasteiger partial charge in [0.2, 0.25) is 5.91 Å². The van der Waals surface area contributed by atoms with Crippen molar-refractivity contribution in [3.8, 4) is 11.5 Å². The lowest BCUT2D eigenvalue weighted by Crippen LogP contribution is -2.44. The molecule has 1 N–H and O–H groups in total. The minimum atomic E-state index is -0.0295. The van der Waals surface area contributed by atoms with Gasteiger partial charge in [-0.25, -0.2) is 0 Å². The lowest BCUT2D eigenvalue weighted by Gasteiger charge is -2.35. The van der Waals surface area contributed by atoms with Gasteiger partial charge in [-0.1, -0.05) is 19.9 Å². The Morgan fingerprint density at radius 1 is 1.09 bits per heavy atom. The number of morpholine rings is 1. The molecule has 1 atom stereocenters. The average Bonchev–Trinajstić information content (AvgIpc) is 3.24. The highest BCUT2D eigenvalue weighted by Gasteiger charge is 2.25. The van der Waals surface area contributed by atoms with Crippen LogP contribution in [0, 0.1) is 6.92 Å². The molecule has 0 bridgehead atoms. The summed E-state index contributed by atoms with van der Waals surface area (Å²) < 4.78 is 22.3. The average molecular weight is 481 g/mol. The van der Waals surface area contributed by atoms with Gasteiger partial charge in [0, 0.05) is 30.6 Å². The first-order valence-corrected chi connectivity index (χ1v) is 12.2. The molecule has 4 rings (SSSR count). The lowest BCUT2D eigenvalue weighted by molar-refractivity contribution is -0.120. The number of ether oxygens (including phenoxy) is 3. The molecule has 1 saturated heterocycles. The van der Waals surface area contributed by atoms with E-state index in [0.717, 1.165) is 35.2 Å². The van der Waals surface area contributed by atoms with Crippen LogP contribution in [0.2, 0.25) is 0 Å². The Morgan fingerprint density at radius 2 is 1.83 bits per heavy atom. The van der Waals surface area contributed by atoms with E-state index in [1.807, 2.05) is 18.2 Å². The number of nitrogens with zero attached hydrogens (tertiary/aromatic N) is 1. The fourth-order valence-corrected chi connectivity index (χ4v) is 4.86. The minimum absolute atomic E-state index is 0.000978. The quantitative estimate of drug-likeness (QED) is 0.482. The molecule has 7 heteroatoms. The zero-order valence-electron chi connectivity index (χ0n) is 21.3. The van der Waals surface area contributed by atoms with Crippen molar-refractivity contribution in [1.82, 2.24) is 10.2 Å². The van der Waals surface area contributed by atoms with E-state index in [-0.39, 0.29) is 18.4 Å². The monoisotopic (exact) mass is 480 g/mol. The standard InChI is InChI=1S/C28H36N2O5/c1-18(2)22-15-23-21(17-35-26(23)12-19(22)3)14-28(31)29-16-24(30-8-10-34-11-9-30)20-6-7-25(32-4)27(13-20)33-5/h6-7,12-13,15,17-18,24H,8-11,14,16H2,1-5H3,(H,29,31). The summed E-state index contributed by atoms with van der Waals surface area (Å²) in [5.41, 5.74) is 5.29. The van der Waals surface area contributed by atoms with Gasteiger partial charge >= 0.3 is 0 Å². The Morgan fingerprint density at radius 3 is 2.51 bits per heavy atom. The SMILES string of the molecule is COc1ccc(C(CNC(=O)Cc2coc3cc(C)c(C(C)C)cc23)N2CCOCC2)cc1OC. The molecule has 0 radical (unpaired) electrons. The lowest BCUT2D eigenvalue weighted by atomic mass is 9.95. The molecule has 1 unspecified atom stereocenters. The molecule has 1 aromatic heterocycles. The molecular weight excluding hydrogens is 444 g/mol. The molecule has 188 valence electrons. The Hall–Kier alpha value is -3.03. The second-order valence-electron chi connectivity index (χ2n) is 9.38. The number of benzene rings is 2. The van der Waals surface area contributed by atoms with Gasteiger partial charge in [-0.2, -0.15) is 0 Å². The normalized spacial score (nSPS) is 15.4.